The molecule has 0 radical (unpaired) electrons. The van der Waals surface area contributed by atoms with Crippen LogP contribution >= 0.6 is 11.6 Å². The number of nitrogen functional groups attached to an aromatic ring is 1. The summed E-state index contributed by atoms with van der Waals surface area (Å²) >= 11 is 5.83. The van der Waals surface area contributed by atoms with Crippen molar-refractivity contribution in [3.63, 3.8) is 0 Å². The van der Waals surface area contributed by atoms with Crippen LogP contribution in [0, 0.1) is 0 Å². The van der Waals surface area contributed by atoms with Crippen molar-refractivity contribution in [2.24, 2.45) is 5.73 Å². The van der Waals surface area contributed by atoms with Gasteiger partial charge in [0.05, 0.1) is 12.6 Å². The van der Waals surface area contributed by atoms with E-state index in [9.17, 15) is 0 Å². The summed E-state index contributed by atoms with van der Waals surface area (Å²) in [6.07, 6.45) is 0. The van der Waals surface area contributed by atoms with Crippen LogP contribution in [-0.2, 0) is 0 Å². The topological polar surface area (TPSA) is 72.3 Å². The van der Waals surface area contributed by atoms with Gasteiger partial charge < -0.3 is 16.6 Å². The third-order valence-electron chi connectivity index (χ3n) is 1.62. The van der Waals surface area contributed by atoms with Crippen LogP contribution in [0.15, 0.2) is 18.2 Å². The Bertz CT molecular complexity index is 278. The fourth-order valence-corrected chi connectivity index (χ4v) is 1.27. The Kier molecular flexibility index (Phi) is 2.92. The molecule has 1 atom stereocenters. The third kappa shape index (κ3) is 1.88. The van der Waals surface area contributed by atoms with Gasteiger partial charge in [0.2, 0.25) is 0 Å². The zero-order valence-electron chi connectivity index (χ0n) is 6.50. The second-order valence-corrected chi connectivity index (χ2v) is 2.98. The van der Waals surface area contributed by atoms with Gasteiger partial charge in [-0.3, -0.25) is 0 Å². The number of aliphatic hydroxyl groups is 1. The predicted octanol–water partition coefficient (Wildman–Crippen LogP) is 0.914. The van der Waals surface area contributed by atoms with Gasteiger partial charge in [0.1, 0.15) is 0 Å². The van der Waals surface area contributed by atoms with Gasteiger partial charge in [-0.1, -0.05) is 17.7 Å². The molecule has 0 unspecified atom stereocenters. The standard InChI is InChI=1S/C8H11ClN2O/c9-7-3-5(10)1-2-6(7)8(11)4-12/h1-3,8,12H,4,10-11H2/t8-/m0/s1. The molecule has 1 rings (SSSR count). The van der Waals surface area contributed by atoms with Gasteiger partial charge in [0, 0.05) is 10.7 Å². The van der Waals surface area contributed by atoms with Crippen LogP contribution in [0.2, 0.25) is 5.02 Å². The fourth-order valence-electron chi connectivity index (χ4n) is 0.942. The maximum absolute atomic E-state index is 8.77. The van der Waals surface area contributed by atoms with E-state index in [4.69, 9.17) is 28.2 Å². The molecule has 12 heavy (non-hydrogen) atoms. The second kappa shape index (κ2) is 3.76. The van der Waals surface area contributed by atoms with Crippen LogP contribution in [0.3, 0.4) is 0 Å². The van der Waals surface area contributed by atoms with E-state index in [1.807, 2.05) is 0 Å². The zero-order valence-corrected chi connectivity index (χ0v) is 7.25. The summed E-state index contributed by atoms with van der Waals surface area (Å²) in [5, 5.41) is 9.26. The van der Waals surface area contributed by atoms with Crippen LogP contribution in [0.4, 0.5) is 5.69 Å². The van der Waals surface area contributed by atoms with E-state index >= 15 is 0 Å². The minimum absolute atomic E-state index is 0.121. The molecule has 3 nitrogen and oxygen atoms in total. The number of halogens is 1. The van der Waals surface area contributed by atoms with E-state index in [2.05, 4.69) is 0 Å². The average molecular weight is 187 g/mol. The number of hydrogen-bond acceptors (Lipinski definition) is 3. The molecular weight excluding hydrogens is 176 g/mol. The monoisotopic (exact) mass is 186 g/mol. The van der Waals surface area contributed by atoms with Gasteiger partial charge in [-0.25, -0.2) is 0 Å². The Morgan fingerprint density at radius 1 is 1.50 bits per heavy atom. The Balaban J connectivity index is 3.01. The largest absolute Gasteiger partial charge is 0.399 e. The Labute approximate surface area is 75.9 Å². The number of aliphatic hydroxyl groups excluding tert-OH is 1. The van der Waals surface area contributed by atoms with E-state index in [1.54, 1.807) is 18.2 Å². The fraction of sp³-hybridized carbons (Fsp3) is 0.250. The molecule has 0 saturated heterocycles. The van der Waals surface area contributed by atoms with Gasteiger partial charge in [-0.2, -0.15) is 0 Å². The second-order valence-electron chi connectivity index (χ2n) is 2.57. The molecule has 0 amide bonds. The van der Waals surface area contributed by atoms with E-state index < -0.39 is 6.04 Å². The van der Waals surface area contributed by atoms with Crippen molar-refractivity contribution in [1.82, 2.24) is 0 Å². The summed E-state index contributed by atoms with van der Waals surface area (Å²) in [5.41, 5.74) is 12.4. The van der Waals surface area contributed by atoms with Gasteiger partial charge in [0.25, 0.3) is 0 Å². The molecule has 5 N–H and O–H groups in total. The molecule has 0 aromatic heterocycles. The summed E-state index contributed by atoms with van der Waals surface area (Å²) in [7, 11) is 0. The Hall–Kier alpha value is -0.770. The van der Waals surface area contributed by atoms with Crippen LogP contribution in [0.25, 0.3) is 0 Å². The van der Waals surface area contributed by atoms with E-state index in [0.29, 0.717) is 16.3 Å². The molecule has 0 heterocycles. The van der Waals surface area contributed by atoms with E-state index in [-0.39, 0.29) is 6.61 Å². The predicted molar refractivity (Wildman–Crippen MR) is 49.9 cm³/mol. The maximum atomic E-state index is 8.77. The van der Waals surface area contributed by atoms with Crippen molar-refractivity contribution in [3.8, 4) is 0 Å². The number of benzene rings is 1. The first-order chi connectivity index (χ1) is 5.65. The minimum Gasteiger partial charge on any atom is -0.399 e. The summed E-state index contributed by atoms with van der Waals surface area (Å²) in [6, 6.07) is 4.61. The minimum atomic E-state index is -0.432. The highest BCUT2D eigenvalue weighted by Gasteiger charge is 2.08. The molecule has 0 aliphatic carbocycles. The van der Waals surface area contributed by atoms with E-state index in [1.165, 1.54) is 0 Å². The van der Waals surface area contributed by atoms with Crippen molar-refractivity contribution in [1.29, 1.82) is 0 Å². The highest BCUT2D eigenvalue weighted by molar-refractivity contribution is 6.31. The van der Waals surface area contributed by atoms with Crippen molar-refractivity contribution in [2.75, 3.05) is 12.3 Å². The molecule has 0 bridgehead atoms. The molecule has 1 aromatic carbocycles. The number of anilines is 1. The van der Waals surface area contributed by atoms with Crippen LogP contribution < -0.4 is 11.5 Å². The normalized spacial score (nSPS) is 12.9. The highest BCUT2D eigenvalue weighted by Crippen LogP contribution is 2.23. The molecule has 0 fully saturated rings. The molecule has 0 aliphatic heterocycles. The Morgan fingerprint density at radius 3 is 2.67 bits per heavy atom. The number of nitrogens with two attached hydrogens (primary N) is 2. The summed E-state index contributed by atoms with van der Waals surface area (Å²) in [5.74, 6) is 0. The molecule has 0 spiro atoms. The van der Waals surface area contributed by atoms with Crippen molar-refractivity contribution < 1.29 is 5.11 Å². The first kappa shape index (κ1) is 9.32. The lowest BCUT2D eigenvalue weighted by atomic mass is 10.1. The summed E-state index contributed by atoms with van der Waals surface area (Å²) in [4.78, 5) is 0. The van der Waals surface area contributed by atoms with Crippen LogP contribution in [0.5, 0.6) is 0 Å². The maximum Gasteiger partial charge on any atom is 0.0624 e. The van der Waals surface area contributed by atoms with Gasteiger partial charge in [-0.15, -0.1) is 0 Å². The lowest BCUT2D eigenvalue weighted by molar-refractivity contribution is 0.268. The third-order valence-corrected chi connectivity index (χ3v) is 1.95. The smallest absolute Gasteiger partial charge is 0.0624 e. The van der Waals surface area contributed by atoms with E-state index in [0.717, 1.165) is 0 Å². The molecule has 0 aliphatic rings. The first-order valence-corrected chi connectivity index (χ1v) is 3.94. The lowest BCUT2D eigenvalue weighted by Gasteiger charge is -2.10. The summed E-state index contributed by atoms with van der Waals surface area (Å²) in [6.45, 7) is -0.121. The average Bonchev–Trinajstić information content (AvgIpc) is 2.03. The highest BCUT2D eigenvalue weighted by atomic mass is 35.5. The number of rotatable bonds is 2. The van der Waals surface area contributed by atoms with Gasteiger partial charge in [-0.05, 0) is 17.7 Å². The first-order valence-electron chi connectivity index (χ1n) is 3.56. The molecule has 66 valence electrons. The SMILES string of the molecule is Nc1ccc([C@@H](N)CO)c(Cl)c1. The Morgan fingerprint density at radius 2 is 2.17 bits per heavy atom. The number of hydrogen-bond donors (Lipinski definition) is 3. The van der Waals surface area contributed by atoms with Crippen LogP contribution in [0.1, 0.15) is 11.6 Å². The van der Waals surface area contributed by atoms with Crippen molar-refractivity contribution in [3.05, 3.63) is 28.8 Å². The molecular formula is C8H11ClN2O. The lowest BCUT2D eigenvalue weighted by Crippen LogP contribution is -2.14. The quantitative estimate of drug-likeness (QED) is 0.602. The van der Waals surface area contributed by atoms with Crippen LogP contribution in [-0.4, -0.2) is 11.7 Å². The molecule has 0 saturated carbocycles. The van der Waals surface area contributed by atoms with Crippen molar-refractivity contribution >= 4 is 17.3 Å². The summed E-state index contributed by atoms with van der Waals surface area (Å²) < 4.78 is 0. The molecule has 4 heteroatoms. The zero-order chi connectivity index (χ0) is 9.14. The van der Waals surface area contributed by atoms with Crippen molar-refractivity contribution in [2.45, 2.75) is 6.04 Å². The molecule has 1 aromatic rings. The van der Waals surface area contributed by atoms with Gasteiger partial charge >= 0.3 is 0 Å². The van der Waals surface area contributed by atoms with Gasteiger partial charge in [0.15, 0.2) is 0 Å².